The smallest absolute Gasteiger partial charge is 0.322 e. The molecule has 0 aliphatic heterocycles. The van der Waals surface area contributed by atoms with Crippen molar-refractivity contribution in [3.05, 3.63) is 33.9 Å². The number of phenols is 1. The van der Waals surface area contributed by atoms with Crippen LogP contribution in [-0.4, -0.2) is 15.1 Å². The number of aromatic hydroxyl groups is 1. The van der Waals surface area contributed by atoms with Crippen molar-refractivity contribution in [3.63, 3.8) is 0 Å². The van der Waals surface area contributed by atoms with Crippen molar-refractivity contribution in [2.75, 3.05) is 0 Å². The Bertz CT molecular complexity index is 377. The Labute approximate surface area is 78.6 Å². The number of phenolic OH excluding ortho intramolecular Hbond substituents is 1. The van der Waals surface area contributed by atoms with Crippen LogP contribution in [0.5, 0.6) is 5.75 Å². The second-order valence-corrected chi connectivity index (χ2v) is 2.64. The zero-order chi connectivity index (χ0) is 10.0. The summed E-state index contributed by atoms with van der Waals surface area (Å²) in [6.45, 7) is 0. The minimum absolute atomic E-state index is 0.215. The Hall–Kier alpha value is -1.56. The predicted octanol–water partition coefficient (Wildman–Crippen LogP) is 1.37. The van der Waals surface area contributed by atoms with Gasteiger partial charge < -0.3 is 5.11 Å². The van der Waals surface area contributed by atoms with Gasteiger partial charge in [-0.2, -0.15) is 0 Å². The minimum atomic E-state index is -0.821. The molecule has 1 aromatic rings. The third-order valence-corrected chi connectivity index (χ3v) is 1.67. The summed E-state index contributed by atoms with van der Waals surface area (Å²) in [5.74, 6) is -0.537. The topological polar surface area (TPSA) is 80.4 Å². The van der Waals surface area contributed by atoms with Crippen molar-refractivity contribution in [2.45, 2.75) is 0 Å². The number of thiol groups is 1. The van der Waals surface area contributed by atoms with Gasteiger partial charge in [0.15, 0.2) is 5.75 Å². The van der Waals surface area contributed by atoms with Crippen LogP contribution in [0.25, 0.3) is 0 Å². The highest BCUT2D eigenvalue weighted by molar-refractivity contribution is 7.97. The third kappa shape index (κ3) is 1.78. The quantitative estimate of drug-likeness (QED) is 0.428. The van der Waals surface area contributed by atoms with Crippen LogP contribution < -0.4 is 0 Å². The Morgan fingerprint density at radius 2 is 2.15 bits per heavy atom. The van der Waals surface area contributed by atoms with E-state index in [1.807, 2.05) is 0 Å². The van der Waals surface area contributed by atoms with Crippen molar-refractivity contribution in [2.24, 2.45) is 0 Å². The molecule has 68 valence electrons. The van der Waals surface area contributed by atoms with Gasteiger partial charge >= 0.3 is 5.69 Å². The highest BCUT2D eigenvalue weighted by Gasteiger charge is 2.21. The Balaban J connectivity index is 3.43. The number of nitro groups is 1. The van der Waals surface area contributed by atoms with Gasteiger partial charge in [-0.1, -0.05) is 6.07 Å². The normalized spacial score (nSPS) is 9.62. The molecule has 0 bridgehead atoms. The van der Waals surface area contributed by atoms with Gasteiger partial charge in [0.2, 0.25) is 5.12 Å². The number of carbonyl (C=O) groups is 1. The molecule has 0 aliphatic rings. The average Bonchev–Trinajstić information content (AvgIpc) is 2.02. The van der Waals surface area contributed by atoms with Gasteiger partial charge in [0.05, 0.1) is 4.92 Å². The second kappa shape index (κ2) is 3.44. The second-order valence-electron chi connectivity index (χ2n) is 2.24. The van der Waals surface area contributed by atoms with Crippen LogP contribution in [0.3, 0.4) is 0 Å². The van der Waals surface area contributed by atoms with E-state index >= 15 is 0 Å². The molecular formula is C7H5NO4S. The summed E-state index contributed by atoms with van der Waals surface area (Å²) in [7, 11) is 0. The van der Waals surface area contributed by atoms with Gasteiger partial charge in [0.1, 0.15) is 5.56 Å². The molecule has 13 heavy (non-hydrogen) atoms. The van der Waals surface area contributed by atoms with Gasteiger partial charge in [-0.15, -0.1) is 12.6 Å². The summed E-state index contributed by atoms with van der Waals surface area (Å²) in [5, 5.41) is 18.7. The zero-order valence-electron chi connectivity index (χ0n) is 6.30. The summed E-state index contributed by atoms with van der Waals surface area (Å²) >= 11 is 3.44. The van der Waals surface area contributed by atoms with Crippen molar-refractivity contribution in [3.8, 4) is 5.75 Å². The van der Waals surface area contributed by atoms with E-state index in [1.54, 1.807) is 0 Å². The van der Waals surface area contributed by atoms with E-state index in [4.69, 9.17) is 5.11 Å². The molecule has 0 saturated carbocycles. The van der Waals surface area contributed by atoms with Gasteiger partial charge in [0.25, 0.3) is 0 Å². The molecule has 1 rings (SSSR count). The van der Waals surface area contributed by atoms with Crippen molar-refractivity contribution in [1.82, 2.24) is 0 Å². The van der Waals surface area contributed by atoms with Gasteiger partial charge in [0, 0.05) is 0 Å². The lowest BCUT2D eigenvalue weighted by molar-refractivity contribution is -0.386. The van der Waals surface area contributed by atoms with Gasteiger partial charge in [-0.25, -0.2) is 0 Å². The van der Waals surface area contributed by atoms with Gasteiger partial charge in [-0.3, -0.25) is 14.9 Å². The van der Waals surface area contributed by atoms with E-state index in [2.05, 4.69) is 12.6 Å². The SMILES string of the molecule is O=C(S)c1cccc(O)c1[N+](=O)[O-]. The lowest BCUT2D eigenvalue weighted by atomic mass is 10.2. The van der Waals surface area contributed by atoms with Crippen LogP contribution in [0, 0.1) is 10.1 Å². The highest BCUT2D eigenvalue weighted by atomic mass is 32.1. The Morgan fingerprint density at radius 1 is 1.54 bits per heavy atom. The summed E-state index contributed by atoms with van der Waals surface area (Å²) in [6.07, 6.45) is 0. The maximum atomic E-state index is 10.8. The van der Waals surface area contributed by atoms with Crippen LogP contribution in [0.4, 0.5) is 5.69 Å². The number of hydrogen-bond acceptors (Lipinski definition) is 4. The van der Waals surface area contributed by atoms with Gasteiger partial charge in [-0.05, 0) is 12.1 Å². The fraction of sp³-hybridized carbons (Fsp3) is 0. The van der Waals surface area contributed by atoms with Crippen molar-refractivity contribution in [1.29, 1.82) is 0 Å². The predicted molar refractivity (Wildman–Crippen MR) is 48.1 cm³/mol. The number of nitrogens with zero attached hydrogens (tertiary/aromatic N) is 1. The Kier molecular flexibility index (Phi) is 2.52. The molecule has 0 spiro atoms. The number of nitro benzene ring substituents is 1. The molecule has 0 radical (unpaired) electrons. The maximum absolute atomic E-state index is 10.8. The lowest BCUT2D eigenvalue weighted by Crippen LogP contribution is -1.98. The van der Waals surface area contributed by atoms with E-state index in [0.717, 1.165) is 6.07 Å². The number of para-hydroxylation sites is 1. The molecule has 0 saturated heterocycles. The van der Waals surface area contributed by atoms with E-state index in [-0.39, 0.29) is 5.56 Å². The van der Waals surface area contributed by atoms with Crippen LogP contribution in [0.2, 0.25) is 0 Å². The maximum Gasteiger partial charge on any atom is 0.322 e. The number of rotatable bonds is 2. The van der Waals surface area contributed by atoms with Crippen LogP contribution in [0.1, 0.15) is 10.4 Å². The first-order valence-electron chi connectivity index (χ1n) is 3.23. The first-order chi connectivity index (χ1) is 6.04. The molecule has 0 aliphatic carbocycles. The minimum Gasteiger partial charge on any atom is -0.502 e. The largest absolute Gasteiger partial charge is 0.502 e. The molecule has 0 aromatic heterocycles. The molecule has 0 heterocycles. The van der Waals surface area contributed by atoms with Crippen LogP contribution >= 0.6 is 12.6 Å². The first-order valence-corrected chi connectivity index (χ1v) is 3.68. The molecule has 5 nitrogen and oxygen atoms in total. The van der Waals surface area contributed by atoms with Crippen LogP contribution in [0.15, 0.2) is 18.2 Å². The summed E-state index contributed by atoms with van der Waals surface area (Å²) in [4.78, 5) is 20.4. The monoisotopic (exact) mass is 199 g/mol. The molecule has 0 amide bonds. The van der Waals surface area contributed by atoms with Crippen molar-refractivity contribution >= 4 is 23.4 Å². The fourth-order valence-corrected chi connectivity index (χ4v) is 1.08. The average molecular weight is 199 g/mol. The number of benzene rings is 1. The fourth-order valence-electron chi connectivity index (χ4n) is 0.896. The van der Waals surface area contributed by atoms with E-state index in [0.29, 0.717) is 0 Å². The summed E-state index contributed by atoms with van der Waals surface area (Å²) < 4.78 is 0. The molecule has 1 aromatic carbocycles. The summed E-state index contributed by atoms with van der Waals surface area (Å²) in [5.41, 5.74) is -0.823. The highest BCUT2D eigenvalue weighted by Crippen LogP contribution is 2.30. The van der Waals surface area contributed by atoms with Crippen molar-refractivity contribution < 1.29 is 14.8 Å². The van der Waals surface area contributed by atoms with Crippen LogP contribution in [-0.2, 0) is 0 Å². The molecule has 1 N–H and O–H groups in total. The molecular weight excluding hydrogens is 194 g/mol. The zero-order valence-corrected chi connectivity index (χ0v) is 7.19. The van der Waals surface area contributed by atoms with E-state index in [9.17, 15) is 14.9 Å². The number of hydrogen-bond donors (Lipinski definition) is 2. The lowest BCUT2D eigenvalue weighted by Gasteiger charge is -1.98. The Morgan fingerprint density at radius 3 is 2.54 bits per heavy atom. The van der Waals surface area contributed by atoms with E-state index < -0.39 is 21.5 Å². The molecule has 0 fully saturated rings. The molecule has 6 heteroatoms. The molecule has 0 atom stereocenters. The first kappa shape index (κ1) is 9.53. The van der Waals surface area contributed by atoms with E-state index in [1.165, 1.54) is 12.1 Å². The molecule has 0 unspecified atom stereocenters. The third-order valence-electron chi connectivity index (χ3n) is 1.43. The standard InChI is InChI=1S/C7H5NO4S/c9-5-3-1-2-4(7(10)13)6(5)8(11)12/h1-3,9H,(H,10,13). The summed E-state index contributed by atoms with van der Waals surface area (Å²) in [6, 6.07) is 3.71. The number of carbonyl (C=O) groups excluding carboxylic acids is 1.